The van der Waals surface area contributed by atoms with Crippen molar-refractivity contribution < 1.29 is 28.8 Å². The van der Waals surface area contributed by atoms with Crippen LogP contribution in [0.1, 0.15) is 53.9 Å². The fourth-order valence-corrected chi connectivity index (χ4v) is 6.19. The highest BCUT2D eigenvalue weighted by Crippen LogP contribution is 2.39. The van der Waals surface area contributed by atoms with Crippen LogP contribution >= 0.6 is 0 Å². The lowest BCUT2D eigenvalue weighted by molar-refractivity contribution is -0.253. The van der Waals surface area contributed by atoms with E-state index in [0.717, 1.165) is 67.0 Å². The van der Waals surface area contributed by atoms with Crippen LogP contribution in [-0.4, -0.2) is 55.0 Å². The van der Waals surface area contributed by atoms with Gasteiger partial charge in [0.05, 0.1) is 25.4 Å². The number of anilines is 1. The Kier molecular flexibility index (Phi) is 11.2. The number of methoxy groups -OCH3 is 1. The molecule has 0 unspecified atom stereocenters. The summed E-state index contributed by atoms with van der Waals surface area (Å²) in [4.78, 5) is 15.1. The van der Waals surface area contributed by atoms with Crippen molar-refractivity contribution in [2.45, 2.75) is 57.0 Å². The van der Waals surface area contributed by atoms with Crippen molar-refractivity contribution in [1.82, 2.24) is 10.2 Å². The number of para-hydroxylation sites is 1. The number of aliphatic hydroxyl groups is 1. The number of rotatable bonds is 12. The van der Waals surface area contributed by atoms with E-state index < -0.39 is 6.29 Å². The second-order valence-electron chi connectivity index (χ2n) is 12.1. The number of carbonyl (C=O) groups excluding carboxylic acids is 1. The minimum Gasteiger partial charge on any atom is -0.457 e. The van der Waals surface area contributed by atoms with E-state index in [9.17, 15) is 9.90 Å². The molecule has 2 amide bonds. The molecule has 4 aromatic carbocycles. The van der Waals surface area contributed by atoms with Crippen molar-refractivity contribution in [3.05, 3.63) is 125 Å². The number of ether oxygens (including phenoxy) is 4. The summed E-state index contributed by atoms with van der Waals surface area (Å²) in [5.74, 6) is 1.45. The van der Waals surface area contributed by atoms with Crippen LogP contribution in [0, 0.1) is 0 Å². The Bertz CT molecular complexity index is 1550. The standard InChI is InChI=1S/C38H43N3O6/c1-44-26-32-6-5-21-41(32)24-35-22-36(29-13-11-28(25-42)12-14-29)47-37(46-35)30-15-9-27(10-16-30)23-39-38(43)40-31-17-19-34(20-18-31)45-33-7-3-2-4-8-33/h2-4,7-20,32,35-37,42H,5-6,21-26H2,1H3,(H2,39,40,43)/t32-,35+,36-,37-/m0/s1. The molecular formula is C38H43N3O6. The number of aliphatic hydroxyl groups excluding tert-OH is 1. The zero-order valence-electron chi connectivity index (χ0n) is 26.7. The third-order valence-corrected chi connectivity index (χ3v) is 8.71. The smallest absolute Gasteiger partial charge is 0.319 e. The molecule has 9 heteroatoms. The van der Waals surface area contributed by atoms with E-state index in [1.54, 1.807) is 19.2 Å². The predicted octanol–water partition coefficient (Wildman–Crippen LogP) is 6.95. The van der Waals surface area contributed by atoms with Crippen molar-refractivity contribution in [3.8, 4) is 11.5 Å². The minimum absolute atomic E-state index is 0.0105. The first-order valence-electron chi connectivity index (χ1n) is 16.3. The SMILES string of the molecule is COC[C@@H]1CCCN1C[C@H]1C[C@@H](c2ccc(CO)cc2)O[C@@H](c2ccc(CNC(=O)Nc3ccc(Oc4ccccc4)cc3)cc2)O1. The van der Waals surface area contributed by atoms with Gasteiger partial charge < -0.3 is 34.7 Å². The molecule has 4 aromatic rings. The van der Waals surface area contributed by atoms with Crippen LogP contribution < -0.4 is 15.4 Å². The van der Waals surface area contributed by atoms with Crippen LogP contribution in [0.4, 0.5) is 10.5 Å². The molecule has 2 fully saturated rings. The van der Waals surface area contributed by atoms with Gasteiger partial charge in [-0.25, -0.2) is 4.79 Å². The first-order valence-corrected chi connectivity index (χ1v) is 16.3. The molecule has 0 bridgehead atoms. The van der Waals surface area contributed by atoms with Crippen LogP contribution in [0.2, 0.25) is 0 Å². The highest BCUT2D eigenvalue weighted by Gasteiger charge is 2.35. The lowest BCUT2D eigenvalue weighted by Gasteiger charge is -2.38. The zero-order chi connectivity index (χ0) is 32.4. The van der Waals surface area contributed by atoms with Crippen molar-refractivity contribution >= 4 is 11.7 Å². The summed E-state index contributed by atoms with van der Waals surface area (Å²) in [7, 11) is 1.76. The van der Waals surface area contributed by atoms with Gasteiger partial charge in [0.25, 0.3) is 0 Å². The lowest BCUT2D eigenvalue weighted by Crippen LogP contribution is -2.42. The molecule has 0 radical (unpaired) electrons. The average molecular weight is 638 g/mol. The molecule has 6 rings (SSSR count). The van der Waals surface area contributed by atoms with Gasteiger partial charge in [-0.2, -0.15) is 0 Å². The molecule has 0 aromatic heterocycles. The monoisotopic (exact) mass is 637 g/mol. The van der Waals surface area contributed by atoms with Crippen molar-refractivity contribution in [2.24, 2.45) is 0 Å². The quantitative estimate of drug-likeness (QED) is 0.155. The molecular weight excluding hydrogens is 594 g/mol. The summed E-state index contributed by atoms with van der Waals surface area (Å²) in [6, 6.07) is 32.9. The Morgan fingerprint density at radius 3 is 2.30 bits per heavy atom. The first-order chi connectivity index (χ1) is 23.1. The van der Waals surface area contributed by atoms with Gasteiger partial charge in [-0.3, -0.25) is 4.90 Å². The van der Waals surface area contributed by atoms with Crippen LogP contribution in [0.5, 0.6) is 11.5 Å². The van der Waals surface area contributed by atoms with Crippen molar-refractivity contribution in [3.63, 3.8) is 0 Å². The second kappa shape index (κ2) is 16.0. The first kappa shape index (κ1) is 32.7. The summed E-state index contributed by atoms with van der Waals surface area (Å²) in [5, 5.41) is 15.3. The lowest BCUT2D eigenvalue weighted by atomic mass is 9.99. The number of urea groups is 1. The third kappa shape index (κ3) is 8.97. The largest absolute Gasteiger partial charge is 0.457 e. The molecule has 2 saturated heterocycles. The number of benzene rings is 4. The highest BCUT2D eigenvalue weighted by atomic mass is 16.7. The van der Waals surface area contributed by atoms with Gasteiger partial charge in [-0.15, -0.1) is 0 Å². The Hall–Kier alpha value is -4.25. The van der Waals surface area contributed by atoms with Gasteiger partial charge in [0, 0.05) is 43.9 Å². The van der Waals surface area contributed by atoms with Crippen LogP contribution in [0.15, 0.2) is 103 Å². The van der Waals surface area contributed by atoms with Crippen molar-refractivity contribution in [1.29, 1.82) is 0 Å². The van der Waals surface area contributed by atoms with E-state index in [-0.39, 0.29) is 24.8 Å². The zero-order valence-corrected chi connectivity index (χ0v) is 26.7. The summed E-state index contributed by atoms with van der Waals surface area (Å²) in [5.41, 5.74) is 4.49. The van der Waals surface area contributed by atoms with E-state index in [1.807, 2.05) is 91.0 Å². The maximum atomic E-state index is 12.6. The van der Waals surface area contributed by atoms with E-state index in [2.05, 4.69) is 15.5 Å². The number of carbonyl (C=O) groups is 1. The molecule has 2 aliphatic rings. The maximum absolute atomic E-state index is 12.6. The van der Waals surface area contributed by atoms with Gasteiger partial charge in [-0.1, -0.05) is 66.7 Å². The Balaban J connectivity index is 1.05. The molecule has 47 heavy (non-hydrogen) atoms. The van der Waals surface area contributed by atoms with Gasteiger partial charge in [0.1, 0.15) is 11.5 Å². The van der Waals surface area contributed by atoms with Gasteiger partial charge in [0.2, 0.25) is 0 Å². The molecule has 3 N–H and O–H groups in total. The van der Waals surface area contributed by atoms with Crippen LogP contribution in [0.25, 0.3) is 0 Å². The Morgan fingerprint density at radius 1 is 0.872 bits per heavy atom. The summed E-state index contributed by atoms with van der Waals surface area (Å²) in [6.07, 6.45) is 2.35. The summed E-state index contributed by atoms with van der Waals surface area (Å²) >= 11 is 0. The topological polar surface area (TPSA) is 102 Å². The number of nitrogens with zero attached hydrogens (tertiary/aromatic N) is 1. The number of amides is 2. The number of hydrogen-bond acceptors (Lipinski definition) is 7. The van der Waals surface area contributed by atoms with E-state index in [0.29, 0.717) is 24.0 Å². The third-order valence-electron chi connectivity index (χ3n) is 8.71. The summed E-state index contributed by atoms with van der Waals surface area (Å²) < 4.78 is 24.4. The predicted molar refractivity (Wildman–Crippen MR) is 180 cm³/mol. The molecule has 2 heterocycles. The molecule has 246 valence electrons. The fourth-order valence-electron chi connectivity index (χ4n) is 6.19. The Labute approximate surface area is 276 Å². The molecule has 4 atom stereocenters. The normalized spacial score (nSPS) is 21.3. The van der Waals surface area contributed by atoms with Crippen molar-refractivity contribution in [2.75, 3.05) is 32.1 Å². The van der Waals surface area contributed by atoms with Gasteiger partial charge in [-0.05, 0) is 72.5 Å². The Morgan fingerprint density at radius 2 is 1.57 bits per heavy atom. The fraction of sp³-hybridized carbons (Fsp3) is 0.342. The van der Waals surface area contributed by atoms with Gasteiger partial charge >= 0.3 is 6.03 Å². The molecule has 0 saturated carbocycles. The molecule has 9 nitrogen and oxygen atoms in total. The average Bonchev–Trinajstić information content (AvgIpc) is 3.55. The van der Waals surface area contributed by atoms with Crippen LogP contribution in [0.3, 0.4) is 0 Å². The number of hydrogen-bond donors (Lipinski definition) is 3. The highest BCUT2D eigenvalue weighted by molar-refractivity contribution is 5.89. The minimum atomic E-state index is -0.529. The second-order valence-corrected chi connectivity index (χ2v) is 12.1. The van der Waals surface area contributed by atoms with E-state index >= 15 is 0 Å². The maximum Gasteiger partial charge on any atom is 0.319 e. The molecule has 2 aliphatic heterocycles. The van der Waals surface area contributed by atoms with E-state index in [4.69, 9.17) is 18.9 Å². The number of likely N-dealkylation sites (tertiary alicyclic amines) is 1. The molecule has 0 spiro atoms. The van der Waals surface area contributed by atoms with Crippen LogP contribution in [-0.2, 0) is 27.4 Å². The number of nitrogens with one attached hydrogen (secondary N) is 2. The van der Waals surface area contributed by atoms with E-state index in [1.165, 1.54) is 0 Å². The molecule has 0 aliphatic carbocycles. The van der Waals surface area contributed by atoms with Gasteiger partial charge in [0.15, 0.2) is 6.29 Å². The summed E-state index contributed by atoms with van der Waals surface area (Å²) in [6.45, 7) is 2.96.